The summed E-state index contributed by atoms with van der Waals surface area (Å²) in [5.41, 5.74) is 6.00. The van der Waals surface area contributed by atoms with Crippen LogP contribution >= 0.6 is 7.75 Å². The molecule has 14 nitrogen and oxygen atoms in total. The number of carboxylic acid groups (broad SMARTS) is 1. The third-order valence-corrected chi connectivity index (χ3v) is 8.52. The van der Waals surface area contributed by atoms with Crippen LogP contribution in [0.25, 0.3) is 0 Å². The van der Waals surface area contributed by atoms with Crippen LogP contribution in [0.1, 0.15) is 96.8 Å². The molecule has 2 saturated carbocycles. The van der Waals surface area contributed by atoms with Crippen LogP contribution in [0.15, 0.2) is 4.76 Å². The molecule has 3 N–H and O–H groups in total. The van der Waals surface area contributed by atoms with E-state index in [1.54, 1.807) is 0 Å². The number of carbonyl (C=O) groups excluding carboxylic acids is 2. The van der Waals surface area contributed by atoms with Crippen molar-refractivity contribution in [2.45, 2.75) is 115 Å². The fourth-order valence-corrected chi connectivity index (χ4v) is 6.00. The van der Waals surface area contributed by atoms with Gasteiger partial charge in [-0.15, -0.1) is 4.76 Å². The molecular weight excluding hydrogens is 573 g/mol. The van der Waals surface area contributed by atoms with E-state index in [2.05, 4.69) is 4.76 Å². The molecule has 2 fully saturated rings. The first-order valence-electron chi connectivity index (χ1n) is 15.0. The van der Waals surface area contributed by atoms with Gasteiger partial charge in [-0.2, -0.15) is 0 Å². The molecule has 0 saturated heterocycles. The number of carboxylic acids is 1. The average Bonchev–Trinajstić information content (AvgIpc) is 2.96. The SMILES string of the molecule is CCCC(C(=O)O)N(C)C(N)=NP(=O)(OCCCOC(=O)OC1CCCCC1)OCCCOC(=O)OC1CCCCC1. The molecule has 1 unspecified atom stereocenters. The summed E-state index contributed by atoms with van der Waals surface area (Å²) in [6.07, 6.45) is 9.02. The summed E-state index contributed by atoms with van der Waals surface area (Å²) in [4.78, 5) is 36.7. The minimum Gasteiger partial charge on any atom is -0.480 e. The maximum atomic E-state index is 13.4. The Bertz CT molecular complexity index is 862. The minimum absolute atomic E-state index is 0.0425. The Morgan fingerprint density at radius 2 is 1.31 bits per heavy atom. The van der Waals surface area contributed by atoms with Gasteiger partial charge in [-0.25, -0.2) is 18.9 Å². The maximum Gasteiger partial charge on any atom is 0.508 e. The summed E-state index contributed by atoms with van der Waals surface area (Å²) in [7, 11) is -2.79. The number of rotatable bonds is 17. The van der Waals surface area contributed by atoms with Gasteiger partial charge in [0.05, 0.1) is 26.4 Å². The molecule has 1 atom stereocenters. The van der Waals surface area contributed by atoms with E-state index >= 15 is 0 Å². The Kier molecular flexibility index (Phi) is 16.6. The lowest BCUT2D eigenvalue weighted by Crippen LogP contribution is -2.46. The summed E-state index contributed by atoms with van der Waals surface area (Å²) in [5.74, 6) is -1.44. The third-order valence-electron chi connectivity index (χ3n) is 7.06. The summed E-state index contributed by atoms with van der Waals surface area (Å²) >= 11 is 0. The Morgan fingerprint density at radius 1 is 0.857 bits per heavy atom. The quantitative estimate of drug-likeness (QED) is 0.0694. The number of guanidine groups is 1. The van der Waals surface area contributed by atoms with Gasteiger partial charge in [-0.1, -0.05) is 26.2 Å². The number of aliphatic carboxylic acids is 1. The zero-order valence-electron chi connectivity index (χ0n) is 24.9. The molecule has 0 aliphatic heterocycles. The van der Waals surface area contributed by atoms with Gasteiger partial charge in [-0.05, 0) is 57.8 Å². The molecule has 42 heavy (non-hydrogen) atoms. The van der Waals surface area contributed by atoms with Crippen molar-refractivity contribution in [2.75, 3.05) is 33.5 Å². The van der Waals surface area contributed by atoms with Gasteiger partial charge < -0.3 is 34.7 Å². The minimum atomic E-state index is -4.22. The number of nitrogens with zero attached hydrogens (tertiary/aromatic N) is 2. The van der Waals surface area contributed by atoms with Crippen molar-refractivity contribution in [3.8, 4) is 0 Å². The molecule has 0 aromatic heterocycles. The molecule has 0 heterocycles. The van der Waals surface area contributed by atoms with Crippen LogP contribution < -0.4 is 5.73 Å². The van der Waals surface area contributed by atoms with Gasteiger partial charge in [0, 0.05) is 19.9 Å². The summed E-state index contributed by atoms with van der Waals surface area (Å²) in [6.45, 7) is 1.43. The predicted octanol–water partition coefficient (Wildman–Crippen LogP) is 5.38. The van der Waals surface area contributed by atoms with Crippen LogP contribution in [-0.4, -0.2) is 86.0 Å². The van der Waals surface area contributed by atoms with Gasteiger partial charge in [0.15, 0.2) is 0 Å². The topological polar surface area (TPSA) is 186 Å². The van der Waals surface area contributed by atoms with Crippen molar-refractivity contribution in [2.24, 2.45) is 10.5 Å². The summed E-state index contributed by atoms with van der Waals surface area (Å²) in [5, 5.41) is 9.53. The fraction of sp³-hybridized carbons (Fsp3) is 0.852. The van der Waals surface area contributed by atoms with Crippen molar-refractivity contribution < 1.29 is 52.1 Å². The Labute approximate surface area is 248 Å². The van der Waals surface area contributed by atoms with Crippen molar-refractivity contribution >= 4 is 32.0 Å². The summed E-state index contributed by atoms with van der Waals surface area (Å²) < 4.78 is 49.0. The lowest BCUT2D eigenvalue weighted by molar-refractivity contribution is -0.141. The highest BCUT2D eigenvalue weighted by molar-refractivity contribution is 7.52. The first-order chi connectivity index (χ1) is 20.1. The average molecular weight is 622 g/mol. The maximum absolute atomic E-state index is 13.4. The van der Waals surface area contributed by atoms with E-state index in [4.69, 9.17) is 33.7 Å². The van der Waals surface area contributed by atoms with Crippen molar-refractivity contribution in [1.29, 1.82) is 0 Å². The molecule has 2 aliphatic rings. The van der Waals surface area contributed by atoms with E-state index in [0.29, 0.717) is 6.42 Å². The van der Waals surface area contributed by atoms with E-state index in [1.165, 1.54) is 11.9 Å². The predicted molar refractivity (Wildman–Crippen MR) is 153 cm³/mol. The fourth-order valence-electron chi connectivity index (χ4n) is 4.70. The van der Waals surface area contributed by atoms with Gasteiger partial charge in [0.25, 0.3) is 0 Å². The van der Waals surface area contributed by atoms with Crippen LogP contribution in [0.2, 0.25) is 0 Å². The number of nitrogens with two attached hydrogens (primary N) is 1. The molecule has 0 aromatic rings. The van der Waals surface area contributed by atoms with Gasteiger partial charge >= 0.3 is 26.0 Å². The van der Waals surface area contributed by atoms with Crippen LogP contribution in [0.3, 0.4) is 0 Å². The van der Waals surface area contributed by atoms with Crippen LogP contribution in [0, 0.1) is 0 Å². The zero-order valence-corrected chi connectivity index (χ0v) is 25.8. The highest BCUT2D eigenvalue weighted by atomic mass is 31.2. The highest BCUT2D eigenvalue weighted by Gasteiger charge is 2.29. The molecule has 0 amide bonds. The smallest absolute Gasteiger partial charge is 0.480 e. The molecular formula is C27H48N3O11P. The first-order valence-corrected chi connectivity index (χ1v) is 16.5. The number of hydrogen-bond donors (Lipinski definition) is 2. The molecule has 15 heteroatoms. The Hall–Kier alpha value is -2.57. The first kappa shape index (κ1) is 35.6. The largest absolute Gasteiger partial charge is 0.508 e. The summed E-state index contributed by atoms with van der Waals surface area (Å²) in [6, 6.07) is -0.987. The van der Waals surface area contributed by atoms with Crippen molar-refractivity contribution in [3.63, 3.8) is 0 Å². The van der Waals surface area contributed by atoms with E-state index < -0.39 is 32.1 Å². The molecule has 0 bridgehead atoms. The molecule has 2 rings (SSSR count). The standard InChI is InChI=1S/C27H48N3O11P/c1-3-12-23(24(31)32)30(2)25(28)29-42(35,38-19-10-17-36-26(33)40-21-13-6-4-7-14-21)39-20-11-18-37-27(34)41-22-15-8-5-9-16-22/h21-23H,3-20H2,1-2H3,(H,31,32)(H2,28,29,35). The van der Waals surface area contributed by atoms with Crippen LogP contribution in [0.4, 0.5) is 9.59 Å². The van der Waals surface area contributed by atoms with Gasteiger partial charge in [0.1, 0.15) is 18.2 Å². The number of ether oxygens (including phenoxy) is 4. The molecule has 0 spiro atoms. The van der Waals surface area contributed by atoms with E-state index in [-0.39, 0.29) is 63.9 Å². The Balaban J connectivity index is 1.86. The second-order valence-corrected chi connectivity index (χ2v) is 12.2. The normalized spacial score (nSPS) is 17.7. The number of carbonyl (C=O) groups is 3. The van der Waals surface area contributed by atoms with E-state index in [9.17, 15) is 24.1 Å². The second kappa shape index (κ2) is 19.6. The third kappa shape index (κ3) is 14.1. The number of likely N-dealkylation sites (N-methyl/N-ethyl adjacent to an activating group) is 1. The van der Waals surface area contributed by atoms with Gasteiger partial charge in [-0.3, -0.25) is 9.05 Å². The zero-order chi connectivity index (χ0) is 30.8. The second-order valence-electron chi connectivity index (χ2n) is 10.5. The lowest BCUT2D eigenvalue weighted by atomic mass is 9.98. The van der Waals surface area contributed by atoms with E-state index in [1.807, 2.05) is 6.92 Å². The highest BCUT2D eigenvalue weighted by Crippen LogP contribution is 2.50. The monoisotopic (exact) mass is 621 g/mol. The van der Waals surface area contributed by atoms with Gasteiger partial charge in [0.2, 0.25) is 5.96 Å². The molecule has 0 radical (unpaired) electrons. The van der Waals surface area contributed by atoms with E-state index in [0.717, 1.165) is 64.2 Å². The molecule has 0 aromatic carbocycles. The molecule has 2 aliphatic carbocycles. The van der Waals surface area contributed by atoms with Crippen LogP contribution in [0.5, 0.6) is 0 Å². The molecule has 242 valence electrons. The lowest BCUT2D eigenvalue weighted by Gasteiger charge is -2.26. The van der Waals surface area contributed by atoms with Crippen molar-refractivity contribution in [3.05, 3.63) is 0 Å². The van der Waals surface area contributed by atoms with Crippen molar-refractivity contribution in [1.82, 2.24) is 4.90 Å². The Morgan fingerprint density at radius 3 is 1.71 bits per heavy atom. The van der Waals surface area contributed by atoms with Crippen LogP contribution in [-0.2, 0) is 37.4 Å². The number of hydrogen-bond acceptors (Lipinski definition) is 10.